The van der Waals surface area contributed by atoms with Gasteiger partial charge in [0.1, 0.15) is 0 Å². The molecule has 1 aliphatic rings. The van der Waals surface area contributed by atoms with Gasteiger partial charge in [-0.1, -0.05) is 40.5 Å². The zero-order valence-corrected chi connectivity index (χ0v) is 11.7. The van der Waals surface area contributed by atoms with Gasteiger partial charge in [0.05, 0.1) is 6.10 Å². The van der Waals surface area contributed by atoms with Crippen LogP contribution in [0.5, 0.6) is 0 Å². The van der Waals surface area contributed by atoms with Crippen molar-refractivity contribution >= 4 is 5.91 Å². The molecule has 0 aromatic rings. The summed E-state index contributed by atoms with van der Waals surface area (Å²) >= 11 is 0. The molecule has 0 aromatic heterocycles. The number of aliphatic hydroxyl groups excluding tert-OH is 1. The van der Waals surface area contributed by atoms with Crippen LogP contribution in [0, 0.1) is 11.3 Å². The second-order valence-corrected chi connectivity index (χ2v) is 6.60. The van der Waals surface area contributed by atoms with Crippen molar-refractivity contribution in [1.29, 1.82) is 0 Å². The van der Waals surface area contributed by atoms with Crippen LogP contribution in [-0.2, 0) is 4.79 Å². The summed E-state index contributed by atoms with van der Waals surface area (Å²) in [6, 6.07) is 0. The molecule has 100 valence electrons. The Kier molecular flexibility index (Phi) is 4.99. The number of aliphatic hydroxyl groups is 1. The Morgan fingerprint density at radius 2 is 1.94 bits per heavy atom. The summed E-state index contributed by atoms with van der Waals surface area (Å²) in [4.78, 5) is 13.6. The van der Waals surface area contributed by atoms with Crippen molar-refractivity contribution < 1.29 is 9.90 Å². The number of carbonyl (C=O) groups excluding carboxylic acids is 1. The molecule has 1 aliphatic heterocycles. The number of hydrogen-bond donors (Lipinski definition) is 1. The Balaban J connectivity index is 2.12. The van der Waals surface area contributed by atoms with Crippen LogP contribution in [0.1, 0.15) is 53.4 Å². The number of nitrogens with zero attached hydrogens (tertiary/aromatic N) is 1. The Morgan fingerprint density at radius 3 is 2.41 bits per heavy atom. The van der Waals surface area contributed by atoms with E-state index in [9.17, 15) is 4.79 Å². The fourth-order valence-electron chi connectivity index (χ4n) is 2.18. The highest BCUT2D eigenvalue weighted by atomic mass is 16.3. The molecule has 1 unspecified atom stereocenters. The van der Waals surface area contributed by atoms with E-state index in [4.69, 9.17) is 5.11 Å². The van der Waals surface area contributed by atoms with E-state index in [1.165, 1.54) is 12.8 Å². The number of amides is 1. The van der Waals surface area contributed by atoms with Crippen LogP contribution >= 0.6 is 0 Å². The third kappa shape index (κ3) is 5.07. The average molecular weight is 241 g/mol. The summed E-state index contributed by atoms with van der Waals surface area (Å²) in [6.07, 6.45) is 4.23. The molecule has 0 radical (unpaired) electrons. The molecule has 0 saturated carbocycles. The molecule has 0 aromatic carbocycles. The van der Waals surface area contributed by atoms with Gasteiger partial charge in [-0.15, -0.1) is 0 Å². The molecule has 17 heavy (non-hydrogen) atoms. The highest BCUT2D eigenvalue weighted by Crippen LogP contribution is 2.23. The third-order valence-electron chi connectivity index (χ3n) is 3.41. The first-order valence-corrected chi connectivity index (χ1v) is 6.76. The van der Waals surface area contributed by atoms with Gasteiger partial charge in [-0.05, 0) is 18.3 Å². The van der Waals surface area contributed by atoms with Gasteiger partial charge >= 0.3 is 0 Å². The standard InChI is InChI=1S/C14H27NO2/c1-11(7-5-6-8-14(2,3)4)13(17)15-9-12(16)10-15/h11-12,16H,5-10H2,1-4H3. The van der Waals surface area contributed by atoms with Crippen molar-refractivity contribution in [1.82, 2.24) is 4.90 Å². The summed E-state index contributed by atoms with van der Waals surface area (Å²) in [5, 5.41) is 9.16. The first-order chi connectivity index (χ1) is 7.79. The fraction of sp³-hybridized carbons (Fsp3) is 0.929. The van der Waals surface area contributed by atoms with Gasteiger partial charge in [0.2, 0.25) is 5.91 Å². The second kappa shape index (κ2) is 5.85. The minimum absolute atomic E-state index is 0.113. The van der Waals surface area contributed by atoms with E-state index in [-0.39, 0.29) is 17.9 Å². The molecule has 3 heteroatoms. The molecule has 3 nitrogen and oxygen atoms in total. The number of rotatable bonds is 5. The van der Waals surface area contributed by atoms with Crippen molar-refractivity contribution in [3.8, 4) is 0 Å². The summed E-state index contributed by atoms with van der Waals surface area (Å²) in [5.41, 5.74) is 0.398. The van der Waals surface area contributed by atoms with E-state index in [1.807, 2.05) is 6.92 Å². The van der Waals surface area contributed by atoms with Crippen LogP contribution < -0.4 is 0 Å². The molecule has 0 bridgehead atoms. The Morgan fingerprint density at radius 1 is 1.35 bits per heavy atom. The molecule has 1 fully saturated rings. The van der Waals surface area contributed by atoms with Gasteiger partial charge in [-0.25, -0.2) is 0 Å². The molecule has 0 aliphatic carbocycles. The normalized spacial score (nSPS) is 19.0. The summed E-state index contributed by atoms with van der Waals surface area (Å²) in [6.45, 7) is 9.83. The van der Waals surface area contributed by atoms with Gasteiger partial charge in [0.15, 0.2) is 0 Å². The minimum Gasteiger partial charge on any atom is -0.389 e. The van der Waals surface area contributed by atoms with E-state index in [0.717, 1.165) is 12.8 Å². The molecule has 1 amide bonds. The number of carbonyl (C=O) groups is 1. The number of likely N-dealkylation sites (tertiary alicyclic amines) is 1. The van der Waals surface area contributed by atoms with Gasteiger partial charge in [-0.3, -0.25) is 4.79 Å². The first-order valence-electron chi connectivity index (χ1n) is 6.76. The van der Waals surface area contributed by atoms with Crippen LogP contribution in [0.3, 0.4) is 0 Å². The van der Waals surface area contributed by atoms with Crippen molar-refractivity contribution in [2.75, 3.05) is 13.1 Å². The van der Waals surface area contributed by atoms with Crippen LogP contribution in [-0.4, -0.2) is 35.1 Å². The summed E-state index contributed by atoms with van der Waals surface area (Å²) in [5.74, 6) is 0.327. The molecule has 1 heterocycles. The average Bonchev–Trinajstić information content (AvgIpc) is 2.17. The van der Waals surface area contributed by atoms with E-state index < -0.39 is 0 Å². The molecule has 1 rings (SSSR count). The Labute approximate surface area is 105 Å². The summed E-state index contributed by atoms with van der Waals surface area (Å²) in [7, 11) is 0. The number of hydrogen-bond acceptors (Lipinski definition) is 2. The molecular formula is C14H27NO2. The highest BCUT2D eigenvalue weighted by molar-refractivity contribution is 5.79. The number of unbranched alkanes of at least 4 members (excludes halogenated alkanes) is 1. The lowest BCUT2D eigenvalue weighted by molar-refractivity contribution is -0.145. The van der Waals surface area contributed by atoms with E-state index in [2.05, 4.69) is 20.8 Å². The van der Waals surface area contributed by atoms with Gasteiger partial charge in [-0.2, -0.15) is 0 Å². The van der Waals surface area contributed by atoms with Crippen LogP contribution in [0.15, 0.2) is 0 Å². The fourth-order valence-corrected chi connectivity index (χ4v) is 2.18. The smallest absolute Gasteiger partial charge is 0.225 e. The van der Waals surface area contributed by atoms with Crippen LogP contribution in [0.4, 0.5) is 0 Å². The lowest BCUT2D eigenvalue weighted by atomic mass is 9.88. The van der Waals surface area contributed by atoms with Crippen molar-refractivity contribution in [2.45, 2.75) is 59.5 Å². The van der Waals surface area contributed by atoms with Crippen molar-refractivity contribution in [3.63, 3.8) is 0 Å². The van der Waals surface area contributed by atoms with E-state index in [1.54, 1.807) is 4.90 Å². The van der Waals surface area contributed by atoms with Crippen molar-refractivity contribution in [3.05, 3.63) is 0 Å². The van der Waals surface area contributed by atoms with Crippen LogP contribution in [0.25, 0.3) is 0 Å². The zero-order valence-electron chi connectivity index (χ0n) is 11.7. The predicted molar refractivity (Wildman–Crippen MR) is 69.7 cm³/mol. The lowest BCUT2D eigenvalue weighted by Crippen LogP contribution is -2.54. The summed E-state index contributed by atoms with van der Waals surface area (Å²) < 4.78 is 0. The van der Waals surface area contributed by atoms with E-state index >= 15 is 0 Å². The lowest BCUT2D eigenvalue weighted by Gasteiger charge is -2.37. The monoisotopic (exact) mass is 241 g/mol. The van der Waals surface area contributed by atoms with Gasteiger partial charge < -0.3 is 10.0 Å². The highest BCUT2D eigenvalue weighted by Gasteiger charge is 2.31. The largest absolute Gasteiger partial charge is 0.389 e. The second-order valence-electron chi connectivity index (χ2n) is 6.60. The Bertz CT molecular complexity index is 251. The molecular weight excluding hydrogens is 214 g/mol. The molecule has 0 spiro atoms. The van der Waals surface area contributed by atoms with Crippen LogP contribution in [0.2, 0.25) is 0 Å². The quantitative estimate of drug-likeness (QED) is 0.751. The maximum Gasteiger partial charge on any atom is 0.225 e. The molecule has 1 N–H and O–H groups in total. The first kappa shape index (κ1) is 14.5. The molecule has 1 atom stereocenters. The minimum atomic E-state index is -0.285. The maximum absolute atomic E-state index is 11.9. The Hall–Kier alpha value is -0.570. The predicted octanol–water partition coefficient (Wildman–Crippen LogP) is 2.43. The topological polar surface area (TPSA) is 40.5 Å². The number of β-amino-alcohol motifs (C(OH)–C–C–N with tert-alkyl or cyclic N) is 1. The SMILES string of the molecule is CC(CCCCC(C)(C)C)C(=O)N1CC(O)C1. The molecule has 1 saturated heterocycles. The van der Waals surface area contributed by atoms with E-state index in [0.29, 0.717) is 18.5 Å². The van der Waals surface area contributed by atoms with Gasteiger partial charge in [0, 0.05) is 19.0 Å². The van der Waals surface area contributed by atoms with Gasteiger partial charge in [0.25, 0.3) is 0 Å². The van der Waals surface area contributed by atoms with Crippen molar-refractivity contribution in [2.24, 2.45) is 11.3 Å². The maximum atomic E-state index is 11.9. The third-order valence-corrected chi connectivity index (χ3v) is 3.41. The zero-order chi connectivity index (χ0) is 13.1.